The summed E-state index contributed by atoms with van der Waals surface area (Å²) >= 11 is 0. The monoisotopic (exact) mass is 266 g/mol. The predicted molar refractivity (Wildman–Crippen MR) is 80.4 cm³/mol. The van der Waals surface area contributed by atoms with Gasteiger partial charge in [0, 0.05) is 6.54 Å². The fourth-order valence-corrected chi connectivity index (χ4v) is 2.28. The molecule has 0 saturated carbocycles. The molecule has 0 spiro atoms. The van der Waals surface area contributed by atoms with Crippen LogP contribution in [0.5, 0.6) is 0 Å². The fourth-order valence-electron chi connectivity index (χ4n) is 2.28. The van der Waals surface area contributed by atoms with Gasteiger partial charge in [0.1, 0.15) is 5.76 Å². The molecule has 1 N–H and O–H groups in total. The number of nitrogens with one attached hydrogen (secondary N) is 1. The van der Waals surface area contributed by atoms with Crippen LogP contribution in [0.3, 0.4) is 0 Å². The van der Waals surface area contributed by atoms with E-state index in [-0.39, 0.29) is 6.04 Å². The Balaban J connectivity index is 1.70. The van der Waals surface area contributed by atoms with Gasteiger partial charge in [0.15, 0.2) is 0 Å². The predicted octanol–water partition coefficient (Wildman–Crippen LogP) is 3.99. The maximum Gasteiger partial charge on any atom is 0.211 e. The molecule has 0 aliphatic rings. The van der Waals surface area contributed by atoms with Gasteiger partial charge in [-0.3, -0.25) is 0 Å². The summed E-state index contributed by atoms with van der Waals surface area (Å²) in [5.41, 5.74) is 1.26. The van der Waals surface area contributed by atoms with Crippen LogP contribution < -0.4 is 5.32 Å². The molecule has 0 radical (unpaired) electrons. The van der Waals surface area contributed by atoms with E-state index in [1.54, 1.807) is 6.20 Å². The number of hydrogen-bond acceptors (Lipinski definition) is 3. The third kappa shape index (κ3) is 2.73. The van der Waals surface area contributed by atoms with Crippen LogP contribution in [0.1, 0.15) is 30.2 Å². The number of aryl methyl sites for hydroxylation is 1. The molecule has 0 aliphatic carbocycles. The van der Waals surface area contributed by atoms with Crippen molar-refractivity contribution < 1.29 is 4.42 Å². The molecule has 1 aromatic heterocycles. The van der Waals surface area contributed by atoms with E-state index in [1.165, 1.54) is 16.3 Å². The Bertz CT molecular complexity index is 718. The van der Waals surface area contributed by atoms with Crippen molar-refractivity contribution in [3.05, 3.63) is 65.9 Å². The Morgan fingerprint density at radius 2 is 1.95 bits per heavy atom. The van der Waals surface area contributed by atoms with E-state index in [9.17, 15) is 0 Å². The molecular weight excluding hydrogens is 248 g/mol. The fraction of sp³-hybridized carbons (Fsp3) is 0.235. The van der Waals surface area contributed by atoms with Crippen LogP contribution in [-0.2, 0) is 6.54 Å². The van der Waals surface area contributed by atoms with Crippen molar-refractivity contribution in [1.29, 1.82) is 0 Å². The molecule has 0 amide bonds. The quantitative estimate of drug-likeness (QED) is 0.776. The van der Waals surface area contributed by atoms with Crippen molar-refractivity contribution >= 4 is 10.8 Å². The van der Waals surface area contributed by atoms with Crippen molar-refractivity contribution in [3.8, 4) is 0 Å². The number of hydrogen-bond donors (Lipinski definition) is 1. The Hall–Kier alpha value is -2.13. The minimum Gasteiger partial charge on any atom is -0.444 e. The van der Waals surface area contributed by atoms with Crippen molar-refractivity contribution in [2.45, 2.75) is 26.4 Å². The molecule has 3 aromatic rings. The maximum absolute atomic E-state index is 5.53. The van der Waals surface area contributed by atoms with E-state index < -0.39 is 0 Å². The van der Waals surface area contributed by atoms with Gasteiger partial charge in [0.25, 0.3) is 0 Å². The highest BCUT2D eigenvalue weighted by molar-refractivity contribution is 5.82. The van der Waals surface area contributed by atoms with E-state index in [4.69, 9.17) is 4.42 Å². The third-order valence-electron chi connectivity index (χ3n) is 3.44. The molecule has 0 bridgehead atoms. The van der Waals surface area contributed by atoms with Crippen LogP contribution in [0.2, 0.25) is 0 Å². The van der Waals surface area contributed by atoms with Crippen LogP contribution in [0, 0.1) is 6.92 Å². The SMILES string of the molecule is Cc1cnc(C(C)NCc2ccc3ccccc3c2)o1. The second-order valence-corrected chi connectivity index (χ2v) is 5.09. The molecule has 1 heterocycles. The summed E-state index contributed by atoms with van der Waals surface area (Å²) in [5, 5.41) is 5.98. The van der Waals surface area contributed by atoms with Crippen molar-refractivity contribution in [2.24, 2.45) is 0 Å². The summed E-state index contributed by atoms with van der Waals surface area (Å²) in [6, 6.07) is 15.0. The van der Waals surface area contributed by atoms with Gasteiger partial charge in [-0.05, 0) is 36.2 Å². The molecule has 0 saturated heterocycles. The Morgan fingerprint density at radius 1 is 1.15 bits per heavy atom. The van der Waals surface area contributed by atoms with Gasteiger partial charge in [-0.1, -0.05) is 36.4 Å². The topological polar surface area (TPSA) is 38.1 Å². The average Bonchev–Trinajstić information content (AvgIpc) is 2.91. The van der Waals surface area contributed by atoms with Gasteiger partial charge in [-0.2, -0.15) is 0 Å². The first-order valence-corrected chi connectivity index (χ1v) is 6.86. The Kier molecular flexibility index (Phi) is 3.52. The van der Waals surface area contributed by atoms with Crippen molar-refractivity contribution in [2.75, 3.05) is 0 Å². The molecule has 1 unspecified atom stereocenters. The summed E-state index contributed by atoms with van der Waals surface area (Å²) in [7, 11) is 0. The largest absolute Gasteiger partial charge is 0.444 e. The Morgan fingerprint density at radius 3 is 2.70 bits per heavy atom. The number of fused-ring (bicyclic) bond motifs is 1. The minimum atomic E-state index is 0.107. The molecular formula is C17H18N2O. The lowest BCUT2D eigenvalue weighted by atomic mass is 10.1. The van der Waals surface area contributed by atoms with Crippen LogP contribution >= 0.6 is 0 Å². The van der Waals surface area contributed by atoms with Gasteiger partial charge in [-0.15, -0.1) is 0 Å². The van der Waals surface area contributed by atoms with Crippen LogP contribution in [-0.4, -0.2) is 4.98 Å². The summed E-state index contributed by atoms with van der Waals surface area (Å²) < 4.78 is 5.53. The molecule has 3 heteroatoms. The van der Waals surface area contributed by atoms with Crippen LogP contribution in [0.4, 0.5) is 0 Å². The molecule has 3 nitrogen and oxygen atoms in total. The number of nitrogens with zero attached hydrogens (tertiary/aromatic N) is 1. The van der Waals surface area contributed by atoms with E-state index >= 15 is 0 Å². The normalized spacial score (nSPS) is 12.7. The number of rotatable bonds is 4. The first-order chi connectivity index (χ1) is 9.72. The highest BCUT2D eigenvalue weighted by Gasteiger charge is 2.10. The lowest BCUT2D eigenvalue weighted by molar-refractivity contribution is 0.402. The van der Waals surface area contributed by atoms with E-state index in [1.807, 2.05) is 6.92 Å². The number of oxazole rings is 1. The van der Waals surface area contributed by atoms with E-state index in [0.29, 0.717) is 0 Å². The number of benzene rings is 2. The zero-order valence-corrected chi connectivity index (χ0v) is 11.8. The zero-order chi connectivity index (χ0) is 13.9. The van der Waals surface area contributed by atoms with Gasteiger partial charge in [0.2, 0.25) is 5.89 Å². The summed E-state index contributed by atoms with van der Waals surface area (Å²) in [6.07, 6.45) is 1.75. The van der Waals surface area contributed by atoms with E-state index in [0.717, 1.165) is 18.2 Å². The van der Waals surface area contributed by atoms with Gasteiger partial charge in [-0.25, -0.2) is 4.98 Å². The smallest absolute Gasteiger partial charge is 0.211 e. The molecule has 2 aromatic carbocycles. The summed E-state index contributed by atoms with van der Waals surface area (Å²) in [6.45, 7) is 4.77. The van der Waals surface area contributed by atoms with E-state index in [2.05, 4.69) is 59.7 Å². The van der Waals surface area contributed by atoms with Crippen molar-refractivity contribution in [3.63, 3.8) is 0 Å². The maximum atomic E-state index is 5.53. The highest BCUT2D eigenvalue weighted by atomic mass is 16.4. The van der Waals surface area contributed by atoms with Gasteiger partial charge >= 0.3 is 0 Å². The van der Waals surface area contributed by atoms with Crippen LogP contribution in [0.15, 0.2) is 53.1 Å². The number of aromatic nitrogens is 1. The zero-order valence-electron chi connectivity index (χ0n) is 11.8. The summed E-state index contributed by atoms with van der Waals surface area (Å²) in [5.74, 6) is 1.59. The molecule has 102 valence electrons. The van der Waals surface area contributed by atoms with Gasteiger partial charge < -0.3 is 9.73 Å². The second kappa shape index (κ2) is 5.47. The lowest BCUT2D eigenvalue weighted by Crippen LogP contribution is -2.18. The summed E-state index contributed by atoms with van der Waals surface area (Å²) in [4.78, 5) is 4.25. The molecule has 0 aliphatic heterocycles. The third-order valence-corrected chi connectivity index (χ3v) is 3.44. The lowest BCUT2D eigenvalue weighted by Gasteiger charge is -2.11. The Labute approximate surface area is 118 Å². The standard InChI is InChI=1S/C17H18N2O/c1-12-10-19-17(20-12)13(2)18-11-14-7-8-15-5-3-4-6-16(15)9-14/h3-10,13,18H,11H2,1-2H3. The first-order valence-electron chi connectivity index (χ1n) is 6.86. The van der Waals surface area contributed by atoms with Gasteiger partial charge in [0.05, 0.1) is 12.2 Å². The minimum absolute atomic E-state index is 0.107. The second-order valence-electron chi connectivity index (χ2n) is 5.09. The average molecular weight is 266 g/mol. The highest BCUT2D eigenvalue weighted by Crippen LogP contribution is 2.17. The first kappa shape index (κ1) is 12.9. The molecule has 1 atom stereocenters. The molecule has 3 rings (SSSR count). The molecule has 20 heavy (non-hydrogen) atoms. The van der Waals surface area contributed by atoms with Crippen molar-refractivity contribution in [1.82, 2.24) is 10.3 Å². The van der Waals surface area contributed by atoms with Crippen LogP contribution in [0.25, 0.3) is 10.8 Å². The molecule has 0 fully saturated rings.